The minimum atomic E-state index is -1.27. The van der Waals surface area contributed by atoms with Crippen LogP contribution in [0, 0.1) is 0 Å². The summed E-state index contributed by atoms with van der Waals surface area (Å²) in [5.74, 6) is -2.55. The van der Waals surface area contributed by atoms with Gasteiger partial charge in [-0.15, -0.1) is 0 Å². The number of hydrogen-bond acceptors (Lipinski definition) is 4. The molecule has 1 rings (SSSR count). The van der Waals surface area contributed by atoms with Crippen LogP contribution in [0.2, 0.25) is 0 Å². The van der Waals surface area contributed by atoms with Gasteiger partial charge in [0.1, 0.15) is 18.8 Å². The summed E-state index contributed by atoms with van der Waals surface area (Å²) in [5.41, 5.74) is 0. The molecule has 0 saturated heterocycles. The van der Waals surface area contributed by atoms with Crippen molar-refractivity contribution in [3.05, 3.63) is 28.7 Å². The highest BCUT2D eigenvalue weighted by atomic mass is 79.9. The molecule has 1 amide bonds. The van der Waals surface area contributed by atoms with Gasteiger partial charge in [0.05, 0.1) is 13.0 Å². The zero-order valence-corrected chi connectivity index (χ0v) is 12.6. The number of aliphatic carboxylic acids is 2. The van der Waals surface area contributed by atoms with Crippen molar-refractivity contribution in [2.75, 3.05) is 19.7 Å². The average Bonchev–Trinajstić information content (AvgIpc) is 2.39. The molecule has 1 aromatic rings. The fourth-order valence-electron chi connectivity index (χ4n) is 1.50. The maximum absolute atomic E-state index is 11.8. The Bertz CT molecular complexity index is 500. The van der Waals surface area contributed by atoms with Crippen molar-refractivity contribution in [2.24, 2.45) is 0 Å². The summed E-state index contributed by atoms with van der Waals surface area (Å²) in [6.07, 6.45) is -0.101. The zero-order valence-electron chi connectivity index (χ0n) is 11.0. The summed E-state index contributed by atoms with van der Waals surface area (Å²) in [5, 5.41) is 17.3. The zero-order chi connectivity index (χ0) is 15.8. The summed E-state index contributed by atoms with van der Waals surface area (Å²) >= 11 is 3.27. The first-order valence-corrected chi connectivity index (χ1v) is 6.77. The Hall–Kier alpha value is -2.09. The lowest BCUT2D eigenvalue weighted by Crippen LogP contribution is -2.39. The number of carbonyl (C=O) groups excluding carboxylic acids is 1. The molecule has 8 heteroatoms. The Kier molecular flexibility index (Phi) is 6.67. The van der Waals surface area contributed by atoms with Crippen LogP contribution in [0.25, 0.3) is 0 Å². The highest BCUT2D eigenvalue weighted by Crippen LogP contribution is 2.16. The third kappa shape index (κ3) is 6.75. The van der Waals surface area contributed by atoms with Crippen molar-refractivity contribution in [2.45, 2.75) is 6.42 Å². The second-order valence-corrected chi connectivity index (χ2v) is 5.01. The lowest BCUT2D eigenvalue weighted by Gasteiger charge is -2.18. The van der Waals surface area contributed by atoms with Crippen molar-refractivity contribution in [1.82, 2.24) is 4.90 Å². The van der Waals surface area contributed by atoms with Crippen LogP contribution >= 0.6 is 15.9 Å². The fourth-order valence-corrected chi connectivity index (χ4v) is 1.77. The predicted octanol–water partition coefficient (Wildman–Crippen LogP) is 1.22. The quantitative estimate of drug-likeness (QED) is 0.722. The molecular weight excluding hydrogens is 346 g/mol. The standard InChI is InChI=1S/C13H14BrNO6/c14-9-1-3-10(4-2-9)21-6-5-11(16)15(7-12(17)18)8-13(19)20/h1-4H,5-8H2,(H,17,18)(H,19,20). The minimum Gasteiger partial charge on any atom is -0.493 e. The van der Waals surface area contributed by atoms with E-state index in [1.807, 2.05) is 0 Å². The number of halogens is 1. The van der Waals surface area contributed by atoms with Gasteiger partial charge in [-0.05, 0) is 24.3 Å². The molecule has 0 radical (unpaired) electrons. The van der Waals surface area contributed by atoms with E-state index < -0.39 is 30.9 Å². The number of amides is 1. The number of carbonyl (C=O) groups is 3. The Labute approximate surface area is 129 Å². The predicted molar refractivity (Wildman–Crippen MR) is 76.1 cm³/mol. The molecule has 0 fully saturated rings. The molecule has 0 spiro atoms. The van der Waals surface area contributed by atoms with Gasteiger partial charge < -0.3 is 19.8 Å². The number of hydrogen-bond donors (Lipinski definition) is 2. The van der Waals surface area contributed by atoms with Crippen molar-refractivity contribution >= 4 is 33.8 Å². The molecule has 2 N–H and O–H groups in total. The van der Waals surface area contributed by atoms with Crippen LogP contribution in [0.5, 0.6) is 5.75 Å². The molecule has 7 nitrogen and oxygen atoms in total. The van der Waals surface area contributed by atoms with E-state index in [4.69, 9.17) is 14.9 Å². The van der Waals surface area contributed by atoms with E-state index in [0.717, 1.165) is 9.37 Å². The number of nitrogens with zero attached hydrogens (tertiary/aromatic N) is 1. The molecular formula is C13H14BrNO6. The van der Waals surface area contributed by atoms with E-state index >= 15 is 0 Å². The normalized spacial score (nSPS) is 9.95. The van der Waals surface area contributed by atoms with E-state index in [1.54, 1.807) is 24.3 Å². The van der Waals surface area contributed by atoms with E-state index in [-0.39, 0.29) is 13.0 Å². The van der Waals surface area contributed by atoms with Gasteiger partial charge in [-0.25, -0.2) is 0 Å². The molecule has 0 heterocycles. The van der Waals surface area contributed by atoms with Crippen molar-refractivity contribution in [1.29, 1.82) is 0 Å². The monoisotopic (exact) mass is 359 g/mol. The van der Waals surface area contributed by atoms with Crippen LogP contribution in [0.15, 0.2) is 28.7 Å². The first kappa shape index (κ1) is 17.0. The lowest BCUT2D eigenvalue weighted by atomic mass is 10.3. The summed E-state index contributed by atoms with van der Waals surface area (Å²) in [6, 6.07) is 6.97. The lowest BCUT2D eigenvalue weighted by molar-refractivity contribution is -0.149. The van der Waals surface area contributed by atoms with Crippen LogP contribution < -0.4 is 4.74 Å². The van der Waals surface area contributed by atoms with Crippen LogP contribution in [0.4, 0.5) is 0 Å². The molecule has 0 saturated carbocycles. The molecule has 0 atom stereocenters. The van der Waals surface area contributed by atoms with E-state index in [2.05, 4.69) is 15.9 Å². The van der Waals surface area contributed by atoms with Crippen LogP contribution in [0.1, 0.15) is 6.42 Å². The summed E-state index contributed by atoms with van der Waals surface area (Å²) in [4.78, 5) is 33.7. The summed E-state index contributed by atoms with van der Waals surface area (Å²) < 4.78 is 6.22. The number of carboxylic acid groups (broad SMARTS) is 2. The highest BCUT2D eigenvalue weighted by Gasteiger charge is 2.19. The smallest absolute Gasteiger partial charge is 0.323 e. The minimum absolute atomic E-state index is 0.0379. The third-order valence-electron chi connectivity index (χ3n) is 2.40. The van der Waals surface area contributed by atoms with Gasteiger partial charge >= 0.3 is 11.9 Å². The van der Waals surface area contributed by atoms with Gasteiger partial charge in [0.15, 0.2) is 0 Å². The topological polar surface area (TPSA) is 104 Å². The number of rotatable bonds is 8. The number of ether oxygens (including phenoxy) is 1. The third-order valence-corrected chi connectivity index (χ3v) is 2.93. The molecule has 0 aliphatic rings. The van der Waals surface area contributed by atoms with E-state index in [9.17, 15) is 14.4 Å². The Morgan fingerprint density at radius 2 is 1.57 bits per heavy atom. The molecule has 1 aromatic carbocycles. The summed E-state index contributed by atoms with van der Waals surface area (Å²) in [6.45, 7) is -1.26. The van der Waals surface area contributed by atoms with Gasteiger partial charge in [-0.3, -0.25) is 14.4 Å². The first-order valence-electron chi connectivity index (χ1n) is 5.98. The number of carboxylic acids is 2. The van der Waals surface area contributed by atoms with Gasteiger partial charge in [-0.1, -0.05) is 15.9 Å². The molecule has 0 aromatic heterocycles. The van der Waals surface area contributed by atoms with Crippen LogP contribution in [-0.2, 0) is 14.4 Å². The van der Waals surface area contributed by atoms with Crippen molar-refractivity contribution in [3.63, 3.8) is 0 Å². The van der Waals surface area contributed by atoms with Gasteiger partial charge in [0.25, 0.3) is 0 Å². The molecule has 21 heavy (non-hydrogen) atoms. The van der Waals surface area contributed by atoms with E-state index in [0.29, 0.717) is 5.75 Å². The molecule has 0 unspecified atom stereocenters. The maximum atomic E-state index is 11.8. The average molecular weight is 360 g/mol. The van der Waals surface area contributed by atoms with Gasteiger partial charge in [-0.2, -0.15) is 0 Å². The van der Waals surface area contributed by atoms with Crippen LogP contribution in [-0.4, -0.2) is 52.7 Å². The largest absolute Gasteiger partial charge is 0.493 e. The number of benzene rings is 1. The Balaban J connectivity index is 2.47. The molecule has 0 aliphatic carbocycles. The molecule has 0 bridgehead atoms. The van der Waals surface area contributed by atoms with Crippen LogP contribution in [0.3, 0.4) is 0 Å². The van der Waals surface area contributed by atoms with E-state index in [1.165, 1.54) is 0 Å². The van der Waals surface area contributed by atoms with Crippen molar-refractivity contribution in [3.8, 4) is 5.75 Å². The second kappa shape index (κ2) is 8.25. The highest BCUT2D eigenvalue weighted by molar-refractivity contribution is 9.10. The van der Waals surface area contributed by atoms with Gasteiger partial charge in [0, 0.05) is 4.47 Å². The Morgan fingerprint density at radius 3 is 2.05 bits per heavy atom. The first-order chi connectivity index (χ1) is 9.88. The second-order valence-electron chi connectivity index (χ2n) is 4.09. The van der Waals surface area contributed by atoms with Gasteiger partial charge in [0.2, 0.25) is 5.91 Å². The maximum Gasteiger partial charge on any atom is 0.323 e. The fraction of sp³-hybridized carbons (Fsp3) is 0.308. The SMILES string of the molecule is O=C(O)CN(CC(=O)O)C(=O)CCOc1ccc(Br)cc1. The van der Waals surface area contributed by atoms with Crippen molar-refractivity contribution < 1.29 is 29.3 Å². The molecule has 114 valence electrons. The summed E-state index contributed by atoms with van der Waals surface area (Å²) in [7, 11) is 0. The molecule has 0 aliphatic heterocycles. The Morgan fingerprint density at radius 1 is 1.05 bits per heavy atom.